The van der Waals surface area contributed by atoms with Crippen LogP contribution >= 0.6 is 0 Å². The Hall–Kier alpha value is -0.900. The van der Waals surface area contributed by atoms with E-state index in [2.05, 4.69) is 17.0 Å². The van der Waals surface area contributed by atoms with E-state index in [0.717, 1.165) is 18.7 Å². The summed E-state index contributed by atoms with van der Waals surface area (Å²) in [5.41, 5.74) is 5.72. The van der Waals surface area contributed by atoms with Crippen LogP contribution in [0.25, 0.3) is 0 Å². The van der Waals surface area contributed by atoms with Crippen molar-refractivity contribution in [2.45, 2.75) is 32.7 Å². The quantitative estimate of drug-likeness (QED) is 0.747. The fraction of sp³-hybridized carbons (Fsp3) is 0.778. The van der Waals surface area contributed by atoms with Gasteiger partial charge in [-0.3, -0.25) is 4.68 Å². The number of nitrogens with zero attached hydrogens (tertiary/aromatic N) is 3. The average Bonchev–Trinajstić information content (AvgIpc) is 2.34. The maximum absolute atomic E-state index is 5.72. The van der Waals surface area contributed by atoms with Crippen molar-refractivity contribution in [3.8, 4) is 0 Å². The van der Waals surface area contributed by atoms with E-state index >= 15 is 0 Å². The summed E-state index contributed by atoms with van der Waals surface area (Å²) in [5, 5.41) is 4.02. The molecule has 0 aliphatic rings. The molecule has 0 saturated heterocycles. The highest BCUT2D eigenvalue weighted by Gasteiger charge is 2.09. The molecule has 2 unspecified atom stereocenters. The van der Waals surface area contributed by atoms with Gasteiger partial charge < -0.3 is 5.73 Å². The Labute approximate surface area is 79.2 Å². The zero-order chi connectivity index (χ0) is 9.84. The molecule has 1 heterocycles. The molecule has 2 atom stereocenters. The Morgan fingerprint density at radius 1 is 1.54 bits per heavy atom. The van der Waals surface area contributed by atoms with Crippen molar-refractivity contribution in [2.75, 3.05) is 0 Å². The van der Waals surface area contributed by atoms with Crippen molar-refractivity contribution in [3.05, 3.63) is 12.2 Å². The van der Waals surface area contributed by atoms with Gasteiger partial charge in [0.05, 0.1) is 0 Å². The number of aryl methyl sites for hydroxylation is 1. The van der Waals surface area contributed by atoms with E-state index in [0.29, 0.717) is 5.92 Å². The van der Waals surface area contributed by atoms with Gasteiger partial charge in [0.15, 0.2) is 0 Å². The van der Waals surface area contributed by atoms with E-state index in [1.165, 1.54) is 0 Å². The minimum absolute atomic E-state index is 0.267. The Bertz CT molecular complexity index is 254. The summed E-state index contributed by atoms with van der Waals surface area (Å²) >= 11 is 0. The largest absolute Gasteiger partial charge is 0.328 e. The predicted octanol–water partition coefficient (Wildman–Crippen LogP) is 0.731. The molecule has 0 aliphatic heterocycles. The third kappa shape index (κ3) is 3.14. The number of nitrogens with two attached hydrogens (primary N) is 1. The summed E-state index contributed by atoms with van der Waals surface area (Å²) < 4.78 is 1.82. The molecule has 1 aromatic rings. The fourth-order valence-electron chi connectivity index (χ4n) is 1.53. The highest BCUT2D eigenvalue weighted by Crippen LogP contribution is 2.10. The lowest BCUT2D eigenvalue weighted by Crippen LogP contribution is -2.20. The summed E-state index contributed by atoms with van der Waals surface area (Å²) in [7, 11) is 1.92. The minimum Gasteiger partial charge on any atom is -0.328 e. The highest BCUT2D eigenvalue weighted by molar-refractivity contribution is 4.85. The van der Waals surface area contributed by atoms with Gasteiger partial charge in [-0.25, -0.2) is 4.98 Å². The molecule has 0 saturated carbocycles. The summed E-state index contributed by atoms with van der Waals surface area (Å²) in [6.45, 7) is 4.23. The monoisotopic (exact) mass is 182 g/mol. The van der Waals surface area contributed by atoms with Crippen LogP contribution in [0.15, 0.2) is 6.33 Å². The van der Waals surface area contributed by atoms with E-state index in [-0.39, 0.29) is 6.04 Å². The van der Waals surface area contributed by atoms with Crippen LogP contribution in [0, 0.1) is 5.92 Å². The van der Waals surface area contributed by atoms with Crippen LogP contribution < -0.4 is 5.73 Å². The molecule has 0 amide bonds. The molecule has 0 aliphatic carbocycles. The third-order valence-corrected chi connectivity index (χ3v) is 2.11. The SMILES string of the molecule is CC(N)CC(C)Cc1ncnn1C. The molecule has 0 radical (unpaired) electrons. The summed E-state index contributed by atoms with van der Waals surface area (Å²) in [5.74, 6) is 1.61. The summed E-state index contributed by atoms with van der Waals surface area (Å²) in [6.07, 6.45) is 3.58. The molecule has 0 bridgehead atoms. The van der Waals surface area contributed by atoms with E-state index in [4.69, 9.17) is 5.73 Å². The first-order valence-electron chi connectivity index (χ1n) is 4.68. The molecule has 13 heavy (non-hydrogen) atoms. The van der Waals surface area contributed by atoms with Crippen molar-refractivity contribution in [1.82, 2.24) is 14.8 Å². The van der Waals surface area contributed by atoms with Gasteiger partial charge in [-0.15, -0.1) is 0 Å². The van der Waals surface area contributed by atoms with Gasteiger partial charge in [0.25, 0.3) is 0 Å². The van der Waals surface area contributed by atoms with Gasteiger partial charge in [0.2, 0.25) is 0 Å². The molecule has 4 heteroatoms. The molecule has 2 N–H and O–H groups in total. The van der Waals surface area contributed by atoms with Crippen LogP contribution in [0.4, 0.5) is 0 Å². The van der Waals surface area contributed by atoms with Crippen LogP contribution in [0.1, 0.15) is 26.1 Å². The maximum Gasteiger partial charge on any atom is 0.138 e. The van der Waals surface area contributed by atoms with Crippen LogP contribution in [0.3, 0.4) is 0 Å². The lowest BCUT2D eigenvalue weighted by molar-refractivity contribution is 0.461. The van der Waals surface area contributed by atoms with Crippen molar-refractivity contribution in [3.63, 3.8) is 0 Å². The van der Waals surface area contributed by atoms with Gasteiger partial charge in [-0.1, -0.05) is 6.92 Å². The molecule has 0 fully saturated rings. The summed E-state index contributed by atoms with van der Waals surface area (Å²) in [4.78, 5) is 4.17. The molecular weight excluding hydrogens is 164 g/mol. The lowest BCUT2D eigenvalue weighted by atomic mass is 9.99. The van der Waals surface area contributed by atoms with Crippen LogP contribution in [0.5, 0.6) is 0 Å². The second kappa shape index (κ2) is 4.37. The van der Waals surface area contributed by atoms with E-state index in [1.807, 2.05) is 18.7 Å². The normalized spacial score (nSPS) is 15.7. The van der Waals surface area contributed by atoms with Gasteiger partial charge in [-0.05, 0) is 19.3 Å². The minimum atomic E-state index is 0.267. The van der Waals surface area contributed by atoms with Gasteiger partial charge in [0.1, 0.15) is 12.2 Å². The van der Waals surface area contributed by atoms with Crippen LogP contribution in [-0.4, -0.2) is 20.8 Å². The van der Waals surface area contributed by atoms with E-state index in [1.54, 1.807) is 6.33 Å². The number of hydrogen-bond donors (Lipinski definition) is 1. The van der Waals surface area contributed by atoms with Gasteiger partial charge in [-0.2, -0.15) is 5.10 Å². The third-order valence-electron chi connectivity index (χ3n) is 2.11. The summed E-state index contributed by atoms with van der Waals surface area (Å²) in [6, 6.07) is 0.267. The van der Waals surface area contributed by atoms with Crippen molar-refractivity contribution < 1.29 is 0 Å². The Balaban J connectivity index is 2.45. The zero-order valence-corrected chi connectivity index (χ0v) is 8.57. The highest BCUT2D eigenvalue weighted by atomic mass is 15.3. The van der Waals surface area contributed by atoms with Crippen LogP contribution in [0.2, 0.25) is 0 Å². The average molecular weight is 182 g/mol. The first-order valence-corrected chi connectivity index (χ1v) is 4.68. The first-order chi connectivity index (χ1) is 6.09. The lowest BCUT2D eigenvalue weighted by Gasteiger charge is -2.12. The van der Waals surface area contributed by atoms with Crippen LogP contribution in [-0.2, 0) is 13.5 Å². The molecular formula is C9H18N4. The second-order valence-electron chi connectivity index (χ2n) is 3.82. The van der Waals surface area contributed by atoms with Crippen molar-refractivity contribution in [2.24, 2.45) is 18.7 Å². The zero-order valence-electron chi connectivity index (χ0n) is 8.57. The Morgan fingerprint density at radius 3 is 2.69 bits per heavy atom. The van der Waals surface area contributed by atoms with E-state index < -0.39 is 0 Å². The number of hydrogen-bond acceptors (Lipinski definition) is 3. The molecule has 1 rings (SSSR count). The Morgan fingerprint density at radius 2 is 2.23 bits per heavy atom. The van der Waals surface area contributed by atoms with Gasteiger partial charge in [0, 0.05) is 19.5 Å². The molecule has 0 spiro atoms. The van der Waals surface area contributed by atoms with Crippen molar-refractivity contribution >= 4 is 0 Å². The molecule has 1 aromatic heterocycles. The molecule has 74 valence electrons. The van der Waals surface area contributed by atoms with Crippen molar-refractivity contribution in [1.29, 1.82) is 0 Å². The number of aromatic nitrogens is 3. The van der Waals surface area contributed by atoms with Gasteiger partial charge >= 0.3 is 0 Å². The maximum atomic E-state index is 5.72. The predicted molar refractivity (Wildman–Crippen MR) is 52.1 cm³/mol. The molecule has 0 aromatic carbocycles. The molecule has 4 nitrogen and oxygen atoms in total. The Kier molecular flexibility index (Phi) is 3.42. The first kappa shape index (κ1) is 10.2. The topological polar surface area (TPSA) is 56.7 Å². The number of rotatable bonds is 4. The van der Waals surface area contributed by atoms with E-state index in [9.17, 15) is 0 Å². The fourth-order valence-corrected chi connectivity index (χ4v) is 1.53. The second-order valence-corrected chi connectivity index (χ2v) is 3.82. The smallest absolute Gasteiger partial charge is 0.138 e. The standard InChI is InChI=1S/C9H18N4/c1-7(4-8(2)10)5-9-11-6-12-13(9)3/h6-8H,4-5,10H2,1-3H3.